The molecule has 2 fully saturated rings. The SMILES string of the molecule is O=C(Nc1ccccc1OCC1CC1)NC1CCC(C(=O)O)CC1. The van der Waals surface area contributed by atoms with Gasteiger partial charge in [0, 0.05) is 6.04 Å². The number of urea groups is 1. The summed E-state index contributed by atoms with van der Waals surface area (Å²) in [6.45, 7) is 0.694. The van der Waals surface area contributed by atoms with Gasteiger partial charge in [-0.2, -0.15) is 0 Å². The summed E-state index contributed by atoms with van der Waals surface area (Å²) in [6.07, 6.45) is 5.06. The minimum absolute atomic E-state index is 0.0279. The van der Waals surface area contributed by atoms with Gasteiger partial charge in [0.25, 0.3) is 0 Å². The summed E-state index contributed by atoms with van der Waals surface area (Å²) < 4.78 is 5.78. The lowest BCUT2D eigenvalue weighted by Crippen LogP contribution is -2.41. The fourth-order valence-corrected chi connectivity index (χ4v) is 3.02. The van der Waals surface area contributed by atoms with Gasteiger partial charge in [-0.3, -0.25) is 4.79 Å². The molecule has 0 spiro atoms. The van der Waals surface area contributed by atoms with Crippen LogP contribution in [0.5, 0.6) is 5.75 Å². The van der Waals surface area contributed by atoms with E-state index in [1.807, 2.05) is 24.3 Å². The van der Waals surface area contributed by atoms with Gasteiger partial charge < -0.3 is 20.5 Å². The first-order chi connectivity index (χ1) is 11.6. The van der Waals surface area contributed by atoms with Crippen molar-refractivity contribution in [3.63, 3.8) is 0 Å². The van der Waals surface area contributed by atoms with E-state index in [4.69, 9.17) is 9.84 Å². The van der Waals surface area contributed by atoms with E-state index in [0.717, 1.165) is 0 Å². The summed E-state index contributed by atoms with van der Waals surface area (Å²) in [6, 6.07) is 7.19. The van der Waals surface area contributed by atoms with Gasteiger partial charge in [0.2, 0.25) is 0 Å². The highest BCUT2D eigenvalue weighted by atomic mass is 16.5. The summed E-state index contributed by atoms with van der Waals surface area (Å²) in [4.78, 5) is 23.2. The molecular formula is C18H24N2O4. The number of aliphatic carboxylic acids is 1. The normalized spacial score (nSPS) is 23.3. The molecule has 0 aromatic heterocycles. The number of nitrogens with one attached hydrogen (secondary N) is 2. The molecule has 0 saturated heterocycles. The number of ether oxygens (including phenoxy) is 1. The molecule has 1 aromatic carbocycles. The predicted molar refractivity (Wildman–Crippen MR) is 90.2 cm³/mol. The Balaban J connectivity index is 1.49. The van der Waals surface area contributed by atoms with Gasteiger partial charge in [0.15, 0.2) is 0 Å². The second-order valence-corrected chi connectivity index (χ2v) is 6.74. The van der Waals surface area contributed by atoms with Crippen LogP contribution in [0.25, 0.3) is 0 Å². The first-order valence-corrected chi connectivity index (χ1v) is 8.64. The Morgan fingerprint density at radius 2 is 1.79 bits per heavy atom. The number of para-hydroxylation sites is 2. The highest BCUT2D eigenvalue weighted by Crippen LogP contribution is 2.31. The predicted octanol–water partition coefficient (Wildman–Crippen LogP) is 3.24. The van der Waals surface area contributed by atoms with Crippen molar-refractivity contribution in [2.24, 2.45) is 11.8 Å². The van der Waals surface area contributed by atoms with Crippen molar-refractivity contribution in [1.82, 2.24) is 5.32 Å². The van der Waals surface area contributed by atoms with E-state index >= 15 is 0 Å². The van der Waals surface area contributed by atoms with E-state index in [1.54, 1.807) is 0 Å². The lowest BCUT2D eigenvalue weighted by atomic mass is 9.86. The second kappa shape index (κ2) is 7.55. The minimum Gasteiger partial charge on any atom is -0.491 e. The third-order valence-electron chi connectivity index (χ3n) is 4.72. The zero-order valence-electron chi connectivity index (χ0n) is 13.7. The third-order valence-corrected chi connectivity index (χ3v) is 4.72. The van der Waals surface area contributed by atoms with E-state index in [0.29, 0.717) is 49.6 Å². The molecule has 0 unspecified atom stereocenters. The smallest absolute Gasteiger partial charge is 0.319 e. The number of benzene rings is 1. The van der Waals surface area contributed by atoms with Gasteiger partial charge in [-0.05, 0) is 56.6 Å². The molecule has 0 atom stereocenters. The summed E-state index contributed by atoms with van der Waals surface area (Å²) >= 11 is 0. The Kier molecular flexibility index (Phi) is 5.23. The number of hydrogen-bond acceptors (Lipinski definition) is 3. The molecule has 6 heteroatoms. The van der Waals surface area contributed by atoms with Gasteiger partial charge in [0.05, 0.1) is 18.2 Å². The molecular weight excluding hydrogens is 308 g/mol. The largest absolute Gasteiger partial charge is 0.491 e. The zero-order valence-corrected chi connectivity index (χ0v) is 13.7. The molecule has 2 aliphatic carbocycles. The van der Waals surface area contributed by atoms with E-state index in [9.17, 15) is 9.59 Å². The van der Waals surface area contributed by atoms with Gasteiger partial charge in [0.1, 0.15) is 5.75 Å². The standard InChI is InChI=1S/C18H24N2O4/c21-17(22)13-7-9-14(10-8-13)19-18(23)20-15-3-1-2-4-16(15)24-11-12-5-6-12/h1-4,12-14H,5-11H2,(H,21,22)(H2,19,20,23). The second-order valence-electron chi connectivity index (χ2n) is 6.74. The third kappa shape index (κ3) is 4.63. The minimum atomic E-state index is -0.736. The van der Waals surface area contributed by atoms with E-state index in [-0.39, 0.29) is 18.0 Å². The number of rotatable bonds is 6. The highest BCUT2D eigenvalue weighted by molar-refractivity contribution is 5.91. The van der Waals surface area contributed by atoms with E-state index in [1.165, 1.54) is 12.8 Å². The van der Waals surface area contributed by atoms with Crippen LogP contribution in [-0.2, 0) is 4.79 Å². The monoisotopic (exact) mass is 332 g/mol. The van der Waals surface area contributed by atoms with Crippen LogP contribution in [0.15, 0.2) is 24.3 Å². The number of carboxylic acid groups (broad SMARTS) is 1. The van der Waals surface area contributed by atoms with Gasteiger partial charge in [-0.15, -0.1) is 0 Å². The highest BCUT2D eigenvalue weighted by Gasteiger charge is 2.27. The van der Waals surface area contributed by atoms with Crippen molar-refractivity contribution in [3.05, 3.63) is 24.3 Å². The van der Waals surface area contributed by atoms with Crippen LogP contribution in [0.2, 0.25) is 0 Å². The van der Waals surface area contributed by atoms with Crippen LogP contribution < -0.4 is 15.4 Å². The average molecular weight is 332 g/mol. The fourth-order valence-electron chi connectivity index (χ4n) is 3.02. The first-order valence-electron chi connectivity index (χ1n) is 8.64. The van der Waals surface area contributed by atoms with Crippen LogP contribution in [0.4, 0.5) is 10.5 Å². The number of amides is 2. The molecule has 0 heterocycles. The molecule has 24 heavy (non-hydrogen) atoms. The summed E-state index contributed by atoms with van der Waals surface area (Å²) in [5.74, 6) is 0.327. The zero-order chi connectivity index (χ0) is 16.9. The van der Waals surface area contributed by atoms with Crippen molar-refractivity contribution < 1.29 is 19.4 Å². The van der Waals surface area contributed by atoms with Crippen molar-refractivity contribution in [3.8, 4) is 5.75 Å². The maximum absolute atomic E-state index is 12.2. The lowest BCUT2D eigenvalue weighted by Gasteiger charge is -2.27. The summed E-state index contributed by atoms with van der Waals surface area (Å²) in [5.41, 5.74) is 0.662. The Morgan fingerprint density at radius 1 is 1.08 bits per heavy atom. The van der Waals surface area contributed by atoms with Crippen LogP contribution >= 0.6 is 0 Å². The van der Waals surface area contributed by atoms with Crippen LogP contribution in [0.1, 0.15) is 38.5 Å². The van der Waals surface area contributed by atoms with E-state index < -0.39 is 5.97 Å². The Bertz CT molecular complexity index is 592. The van der Waals surface area contributed by atoms with Crippen molar-refractivity contribution >= 4 is 17.7 Å². The van der Waals surface area contributed by atoms with Gasteiger partial charge in [-0.25, -0.2) is 4.79 Å². The molecule has 2 amide bonds. The number of carbonyl (C=O) groups is 2. The molecule has 130 valence electrons. The number of anilines is 1. The average Bonchev–Trinajstić information content (AvgIpc) is 3.39. The van der Waals surface area contributed by atoms with Crippen molar-refractivity contribution in [2.45, 2.75) is 44.6 Å². The maximum atomic E-state index is 12.2. The van der Waals surface area contributed by atoms with Gasteiger partial charge >= 0.3 is 12.0 Å². The summed E-state index contributed by atoms with van der Waals surface area (Å²) in [5, 5.41) is 14.8. The molecule has 1 aromatic rings. The van der Waals surface area contributed by atoms with Crippen molar-refractivity contribution in [2.75, 3.05) is 11.9 Å². The molecule has 3 N–H and O–H groups in total. The van der Waals surface area contributed by atoms with Crippen LogP contribution in [0, 0.1) is 11.8 Å². The Hall–Kier alpha value is -2.24. The fraction of sp³-hybridized carbons (Fsp3) is 0.556. The molecule has 0 radical (unpaired) electrons. The summed E-state index contributed by atoms with van der Waals surface area (Å²) in [7, 11) is 0. The van der Waals surface area contributed by atoms with Gasteiger partial charge in [-0.1, -0.05) is 12.1 Å². The molecule has 6 nitrogen and oxygen atoms in total. The Morgan fingerprint density at radius 3 is 2.46 bits per heavy atom. The number of carbonyl (C=O) groups excluding carboxylic acids is 1. The quantitative estimate of drug-likeness (QED) is 0.746. The molecule has 2 aliphatic rings. The van der Waals surface area contributed by atoms with Crippen molar-refractivity contribution in [1.29, 1.82) is 0 Å². The molecule has 0 aliphatic heterocycles. The molecule has 3 rings (SSSR count). The van der Waals surface area contributed by atoms with Crippen LogP contribution in [-0.4, -0.2) is 29.8 Å². The number of carboxylic acids is 1. The lowest BCUT2D eigenvalue weighted by molar-refractivity contribution is -0.142. The Labute approximate surface area is 141 Å². The first kappa shape index (κ1) is 16.6. The number of hydrogen-bond donors (Lipinski definition) is 3. The maximum Gasteiger partial charge on any atom is 0.319 e. The van der Waals surface area contributed by atoms with E-state index in [2.05, 4.69) is 10.6 Å². The molecule has 0 bridgehead atoms. The molecule has 2 saturated carbocycles. The van der Waals surface area contributed by atoms with Crippen LogP contribution in [0.3, 0.4) is 0 Å². The topological polar surface area (TPSA) is 87.7 Å².